The maximum atomic E-state index is 9.38. The van der Waals surface area contributed by atoms with Crippen LogP contribution in [0.25, 0.3) is 5.00 Å². The van der Waals surface area contributed by atoms with E-state index in [1.165, 1.54) is 0 Å². The average molecular weight is 368 g/mol. The largest absolute Gasteiger partial charge is 0.496 e. The van der Waals surface area contributed by atoms with Gasteiger partial charge in [0, 0.05) is 29.0 Å². The van der Waals surface area contributed by atoms with Gasteiger partial charge in [0.15, 0.2) is 5.82 Å². The highest BCUT2D eigenvalue weighted by Gasteiger charge is 2.28. The van der Waals surface area contributed by atoms with Gasteiger partial charge < -0.3 is 9.84 Å². The van der Waals surface area contributed by atoms with Crippen LogP contribution in [0.1, 0.15) is 40.6 Å². The molecule has 1 N–H and O–H groups in total. The van der Waals surface area contributed by atoms with E-state index in [0.717, 1.165) is 44.1 Å². The van der Waals surface area contributed by atoms with Gasteiger partial charge in [0.2, 0.25) is 0 Å². The predicted molar refractivity (Wildman–Crippen MR) is 102 cm³/mol. The second-order valence-corrected chi connectivity index (χ2v) is 7.32. The molecule has 0 spiro atoms. The zero-order chi connectivity index (χ0) is 18.3. The van der Waals surface area contributed by atoms with E-state index in [0.29, 0.717) is 6.42 Å². The number of fused-ring (bicyclic) bond motifs is 3. The average Bonchev–Trinajstić information content (AvgIpc) is 3.20. The molecule has 1 unspecified atom stereocenters. The standard InChI is InChI=1S/C19H20N4O2S/c1-11-18-22-21-12(2)23(18)19-15(10-13(26-19)8-9-24)17(20-11)14-6-4-5-7-16(14)25-3/h4-7,10-11,24H,8-9H2,1-3H3. The molecule has 3 aromatic rings. The van der Waals surface area contributed by atoms with Crippen LogP contribution >= 0.6 is 11.3 Å². The molecule has 26 heavy (non-hydrogen) atoms. The lowest BCUT2D eigenvalue weighted by Gasteiger charge is -2.11. The summed E-state index contributed by atoms with van der Waals surface area (Å²) in [6, 6.07) is 9.89. The first-order valence-corrected chi connectivity index (χ1v) is 9.33. The summed E-state index contributed by atoms with van der Waals surface area (Å²) >= 11 is 1.65. The fraction of sp³-hybridized carbons (Fsp3) is 0.316. The van der Waals surface area contributed by atoms with Crippen LogP contribution in [-0.4, -0.2) is 39.3 Å². The van der Waals surface area contributed by atoms with E-state index in [1.54, 1.807) is 18.4 Å². The summed E-state index contributed by atoms with van der Waals surface area (Å²) in [7, 11) is 1.67. The molecule has 0 amide bonds. The summed E-state index contributed by atoms with van der Waals surface area (Å²) < 4.78 is 7.65. The summed E-state index contributed by atoms with van der Waals surface area (Å²) in [6.45, 7) is 4.10. The van der Waals surface area contributed by atoms with E-state index in [9.17, 15) is 5.11 Å². The molecule has 134 valence electrons. The van der Waals surface area contributed by atoms with Gasteiger partial charge in [-0.15, -0.1) is 21.5 Å². The second kappa shape index (κ2) is 6.66. The molecule has 0 bridgehead atoms. The molecule has 4 rings (SSSR count). The van der Waals surface area contributed by atoms with Crippen molar-refractivity contribution in [3.63, 3.8) is 0 Å². The minimum absolute atomic E-state index is 0.116. The van der Waals surface area contributed by atoms with Gasteiger partial charge in [0.05, 0.1) is 12.8 Å². The molecule has 0 fully saturated rings. The summed E-state index contributed by atoms with van der Waals surface area (Å²) in [6.07, 6.45) is 0.614. The van der Waals surface area contributed by atoms with Gasteiger partial charge in [-0.2, -0.15) is 0 Å². The zero-order valence-electron chi connectivity index (χ0n) is 14.9. The van der Waals surface area contributed by atoms with Crippen molar-refractivity contribution in [3.05, 3.63) is 58.0 Å². The van der Waals surface area contributed by atoms with Gasteiger partial charge in [-0.05, 0) is 32.0 Å². The maximum Gasteiger partial charge on any atom is 0.162 e. The Kier molecular flexibility index (Phi) is 4.34. The monoisotopic (exact) mass is 368 g/mol. The lowest BCUT2D eigenvalue weighted by atomic mass is 10.0. The number of thiophene rings is 1. The Labute approximate surface area is 155 Å². The molecular weight excluding hydrogens is 348 g/mol. The summed E-state index contributed by atoms with van der Waals surface area (Å²) in [5.74, 6) is 2.45. The van der Waals surface area contributed by atoms with Crippen LogP contribution < -0.4 is 4.74 Å². The van der Waals surface area contributed by atoms with Crippen LogP contribution in [0.2, 0.25) is 0 Å². The molecule has 0 saturated heterocycles. The molecule has 1 aliphatic rings. The molecule has 1 aliphatic heterocycles. The molecule has 7 heteroatoms. The normalized spacial score (nSPS) is 15.8. The summed E-state index contributed by atoms with van der Waals surface area (Å²) in [4.78, 5) is 6.09. The van der Waals surface area contributed by atoms with Crippen molar-refractivity contribution in [2.45, 2.75) is 26.3 Å². The fourth-order valence-electron chi connectivity index (χ4n) is 3.28. The van der Waals surface area contributed by atoms with Crippen molar-refractivity contribution in [2.75, 3.05) is 13.7 Å². The quantitative estimate of drug-likeness (QED) is 0.768. The van der Waals surface area contributed by atoms with Crippen molar-refractivity contribution in [3.8, 4) is 10.8 Å². The third kappa shape index (κ3) is 2.64. The Balaban J connectivity index is 1.99. The van der Waals surface area contributed by atoms with Crippen LogP contribution in [0.5, 0.6) is 5.75 Å². The van der Waals surface area contributed by atoms with Crippen LogP contribution in [-0.2, 0) is 6.42 Å². The fourth-order valence-corrected chi connectivity index (χ4v) is 4.48. The summed E-state index contributed by atoms with van der Waals surface area (Å²) in [5, 5.41) is 19.0. The Hall–Kier alpha value is -2.51. The Bertz CT molecular complexity index is 989. The number of benzene rings is 1. The third-order valence-electron chi connectivity index (χ3n) is 4.49. The van der Waals surface area contributed by atoms with E-state index in [4.69, 9.17) is 9.73 Å². The zero-order valence-corrected chi connectivity index (χ0v) is 15.7. The molecule has 0 saturated carbocycles. The van der Waals surface area contributed by atoms with Crippen LogP contribution in [0.3, 0.4) is 0 Å². The van der Waals surface area contributed by atoms with Crippen molar-refractivity contribution in [2.24, 2.45) is 4.99 Å². The molecule has 1 atom stereocenters. The van der Waals surface area contributed by atoms with E-state index in [2.05, 4.69) is 20.8 Å². The van der Waals surface area contributed by atoms with Crippen molar-refractivity contribution >= 4 is 17.0 Å². The van der Waals surface area contributed by atoms with Crippen LogP contribution in [0.4, 0.5) is 0 Å². The number of aliphatic imine (C=N–C) groups is 1. The first kappa shape index (κ1) is 16.9. The minimum Gasteiger partial charge on any atom is -0.496 e. The number of para-hydroxylation sites is 1. The smallest absolute Gasteiger partial charge is 0.162 e. The van der Waals surface area contributed by atoms with Gasteiger partial charge in [-0.25, -0.2) is 0 Å². The maximum absolute atomic E-state index is 9.38. The number of aromatic nitrogens is 3. The van der Waals surface area contributed by atoms with E-state index >= 15 is 0 Å². The highest BCUT2D eigenvalue weighted by Crippen LogP contribution is 2.37. The SMILES string of the molecule is COc1ccccc1C1=NC(C)c2nnc(C)n2-c2sc(CCO)cc21. The van der Waals surface area contributed by atoms with E-state index in [1.807, 2.05) is 38.1 Å². The molecule has 2 aromatic heterocycles. The van der Waals surface area contributed by atoms with Gasteiger partial charge in [0.25, 0.3) is 0 Å². The number of aliphatic hydroxyl groups excluding tert-OH is 1. The van der Waals surface area contributed by atoms with E-state index < -0.39 is 0 Å². The van der Waals surface area contributed by atoms with Gasteiger partial charge in [-0.3, -0.25) is 9.56 Å². The predicted octanol–water partition coefficient (Wildman–Crippen LogP) is 3.09. The summed E-state index contributed by atoms with van der Waals surface area (Å²) in [5.41, 5.74) is 2.86. The number of aryl methyl sites for hydroxylation is 1. The first-order valence-electron chi connectivity index (χ1n) is 8.51. The van der Waals surface area contributed by atoms with Crippen LogP contribution in [0.15, 0.2) is 35.3 Å². The van der Waals surface area contributed by atoms with Gasteiger partial charge in [-0.1, -0.05) is 12.1 Å². The number of methoxy groups -OCH3 is 1. The topological polar surface area (TPSA) is 72.5 Å². The van der Waals surface area contributed by atoms with Crippen molar-refractivity contribution < 1.29 is 9.84 Å². The molecule has 1 aromatic carbocycles. The number of rotatable bonds is 4. The lowest BCUT2D eigenvalue weighted by Crippen LogP contribution is -2.07. The van der Waals surface area contributed by atoms with Crippen LogP contribution in [0, 0.1) is 6.92 Å². The first-order chi connectivity index (χ1) is 12.6. The molecule has 6 nitrogen and oxygen atoms in total. The van der Waals surface area contributed by atoms with Crippen molar-refractivity contribution in [1.29, 1.82) is 0 Å². The highest BCUT2D eigenvalue weighted by molar-refractivity contribution is 7.15. The van der Waals surface area contributed by atoms with E-state index in [-0.39, 0.29) is 12.6 Å². The third-order valence-corrected chi connectivity index (χ3v) is 5.67. The Morgan fingerprint density at radius 1 is 1.23 bits per heavy atom. The molecule has 0 radical (unpaired) electrons. The molecule has 0 aliphatic carbocycles. The second-order valence-electron chi connectivity index (χ2n) is 6.20. The minimum atomic E-state index is -0.128. The lowest BCUT2D eigenvalue weighted by molar-refractivity contribution is 0.300. The number of nitrogens with zero attached hydrogens (tertiary/aromatic N) is 4. The number of aliphatic hydroxyl groups is 1. The molecular formula is C19H20N4O2S. The van der Waals surface area contributed by atoms with Gasteiger partial charge >= 0.3 is 0 Å². The Morgan fingerprint density at radius 2 is 2.04 bits per heavy atom. The Morgan fingerprint density at radius 3 is 2.81 bits per heavy atom. The van der Waals surface area contributed by atoms with Crippen molar-refractivity contribution in [1.82, 2.24) is 14.8 Å². The number of ether oxygens (including phenoxy) is 1. The molecule has 3 heterocycles. The van der Waals surface area contributed by atoms with Gasteiger partial charge in [0.1, 0.15) is 22.6 Å². The number of hydrogen-bond acceptors (Lipinski definition) is 6. The highest BCUT2D eigenvalue weighted by atomic mass is 32.1. The number of hydrogen-bond donors (Lipinski definition) is 1.